The van der Waals surface area contributed by atoms with E-state index < -0.39 is 0 Å². The molecule has 2 aromatic heterocycles. The topological polar surface area (TPSA) is 71.2 Å². The van der Waals surface area contributed by atoms with Crippen molar-refractivity contribution in [3.8, 4) is 0 Å². The summed E-state index contributed by atoms with van der Waals surface area (Å²) in [5.41, 5.74) is 1.33. The van der Waals surface area contributed by atoms with Crippen LogP contribution in [0.15, 0.2) is 17.6 Å². The van der Waals surface area contributed by atoms with Gasteiger partial charge in [0, 0.05) is 31.6 Å². The molecule has 8 heteroatoms. The third-order valence-electron chi connectivity index (χ3n) is 4.51. The standard InChI is InChI=1S/C18H29N7S/c1-3-19-18(20-10-6-7-11-25-13-21-22-14-25)24(2)12-17-23-15-8-4-5-9-16(15)26-17/h13-14H,3-12H2,1-2H3,(H,19,20). The molecule has 0 spiro atoms. The molecule has 7 nitrogen and oxygen atoms in total. The Morgan fingerprint density at radius 3 is 2.85 bits per heavy atom. The first-order valence-electron chi connectivity index (χ1n) is 9.55. The molecule has 0 atom stereocenters. The Morgan fingerprint density at radius 1 is 1.27 bits per heavy atom. The summed E-state index contributed by atoms with van der Waals surface area (Å²) in [5, 5.41) is 12.3. The van der Waals surface area contributed by atoms with Crippen LogP contribution in [0.2, 0.25) is 0 Å². The molecule has 0 unspecified atom stereocenters. The Balaban J connectivity index is 1.49. The third-order valence-corrected chi connectivity index (χ3v) is 5.65. The largest absolute Gasteiger partial charge is 0.357 e. The number of thiazole rings is 1. The first-order valence-corrected chi connectivity index (χ1v) is 10.4. The second-order valence-electron chi connectivity index (χ2n) is 6.68. The van der Waals surface area contributed by atoms with E-state index in [9.17, 15) is 0 Å². The van der Waals surface area contributed by atoms with Gasteiger partial charge in [-0.15, -0.1) is 21.5 Å². The molecule has 1 N–H and O–H groups in total. The highest BCUT2D eigenvalue weighted by Crippen LogP contribution is 2.27. The minimum atomic E-state index is 0.823. The molecule has 0 bridgehead atoms. The fourth-order valence-corrected chi connectivity index (χ4v) is 4.36. The monoisotopic (exact) mass is 375 g/mol. The minimum Gasteiger partial charge on any atom is -0.357 e. The molecular weight excluding hydrogens is 346 g/mol. The van der Waals surface area contributed by atoms with Gasteiger partial charge in [-0.3, -0.25) is 4.99 Å². The zero-order valence-corrected chi connectivity index (χ0v) is 16.6. The molecular formula is C18H29N7S. The fourth-order valence-electron chi connectivity index (χ4n) is 3.15. The summed E-state index contributed by atoms with van der Waals surface area (Å²) in [5.74, 6) is 0.963. The summed E-state index contributed by atoms with van der Waals surface area (Å²) in [4.78, 5) is 13.3. The van der Waals surface area contributed by atoms with Gasteiger partial charge in [0.2, 0.25) is 0 Å². The average Bonchev–Trinajstić information content (AvgIpc) is 3.29. The van der Waals surface area contributed by atoms with Crippen LogP contribution in [0, 0.1) is 0 Å². The normalized spacial score (nSPS) is 14.3. The number of aryl methyl sites for hydroxylation is 3. The second-order valence-corrected chi connectivity index (χ2v) is 7.85. The maximum Gasteiger partial charge on any atom is 0.194 e. The first kappa shape index (κ1) is 18.8. The van der Waals surface area contributed by atoms with Gasteiger partial charge in [-0.25, -0.2) is 4.98 Å². The number of hydrogen-bond donors (Lipinski definition) is 1. The molecule has 2 heterocycles. The van der Waals surface area contributed by atoms with Gasteiger partial charge in [0.15, 0.2) is 5.96 Å². The van der Waals surface area contributed by atoms with E-state index in [-0.39, 0.29) is 0 Å². The number of unbranched alkanes of at least 4 members (excludes halogenated alkanes) is 1. The summed E-state index contributed by atoms with van der Waals surface area (Å²) in [7, 11) is 2.10. The quantitative estimate of drug-likeness (QED) is 0.436. The molecule has 0 saturated heterocycles. The van der Waals surface area contributed by atoms with E-state index in [1.165, 1.54) is 34.8 Å². The lowest BCUT2D eigenvalue weighted by Gasteiger charge is -2.21. The molecule has 3 rings (SSSR count). The van der Waals surface area contributed by atoms with Crippen molar-refractivity contribution in [3.05, 3.63) is 28.2 Å². The van der Waals surface area contributed by atoms with Crippen LogP contribution in [0.5, 0.6) is 0 Å². The number of rotatable bonds is 8. The predicted octanol–water partition coefficient (Wildman–Crippen LogP) is 2.49. The molecule has 0 fully saturated rings. The SMILES string of the molecule is CCNC(=NCCCCn1cnnc1)N(C)Cc1nc2c(s1)CCCC2. The summed E-state index contributed by atoms with van der Waals surface area (Å²) < 4.78 is 2.01. The Morgan fingerprint density at radius 2 is 2.08 bits per heavy atom. The lowest BCUT2D eigenvalue weighted by molar-refractivity contribution is 0.473. The smallest absolute Gasteiger partial charge is 0.194 e. The number of nitrogens with one attached hydrogen (secondary N) is 1. The van der Waals surface area contributed by atoms with Crippen LogP contribution < -0.4 is 5.32 Å². The van der Waals surface area contributed by atoms with Gasteiger partial charge in [-0.2, -0.15) is 0 Å². The van der Waals surface area contributed by atoms with E-state index in [1.54, 1.807) is 12.7 Å². The second kappa shape index (κ2) is 9.66. The van der Waals surface area contributed by atoms with Crippen LogP contribution in [0.4, 0.5) is 0 Å². The van der Waals surface area contributed by atoms with Crippen LogP contribution in [0.3, 0.4) is 0 Å². The molecule has 26 heavy (non-hydrogen) atoms. The molecule has 0 radical (unpaired) electrons. The van der Waals surface area contributed by atoms with Crippen LogP contribution in [0.1, 0.15) is 48.2 Å². The average molecular weight is 376 g/mol. The first-order chi connectivity index (χ1) is 12.8. The zero-order chi connectivity index (χ0) is 18.2. The summed E-state index contributed by atoms with van der Waals surface area (Å²) in [6.07, 6.45) is 10.6. The van der Waals surface area contributed by atoms with Crippen molar-refractivity contribution in [2.45, 2.75) is 58.5 Å². The molecule has 0 amide bonds. The number of nitrogens with zero attached hydrogens (tertiary/aromatic N) is 6. The molecule has 0 aromatic carbocycles. The number of fused-ring (bicyclic) bond motifs is 1. The van der Waals surface area contributed by atoms with Gasteiger partial charge < -0.3 is 14.8 Å². The highest BCUT2D eigenvalue weighted by atomic mass is 32.1. The van der Waals surface area contributed by atoms with Crippen LogP contribution in [-0.4, -0.2) is 50.7 Å². The Hall–Kier alpha value is -1.96. The molecule has 1 aliphatic rings. The van der Waals surface area contributed by atoms with Gasteiger partial charge in [-0.05, 0) is 45.4 Å². The predicted molar refractivity (Wildman–Crippen MR) is 105 cm³/mol. The maximum absolute atomic E-state index is 4.85. The number of hydrogen-bond acceptors (Lipinski definition) is 5. The number of aliphatic imine (C=N–C) groups is 1. The Labute approximate surface area is 159 Å². The van der Waals surface area contributed by atoms with Crippen molar-refractivity contribution in [2.75, 3.05) is 20.1 Å². The van der Waals surface area contributed by atoms with Gasteiger partial charge in [0.1, 0.15) is 17.7 Å². The highest BCUT2D eigenvalue weighted by molar-refractivity contribution is 7.11. The van der Waals surface area contributed by atoms with Gasteiger partial charge in [0.05, 0.1) is 12.2 Å². The van der Waals surface area contributed by atoms with Crippen LogP contribution in [-0.2, 0) is 25.9 Å². The third kappa shape index (κ3) is 5.27. The van der Waals surface area contributed by atoms with Crippen molar-refractivity contribution in [2.24, 2.45) is 4.99 Å². The Bertz CT molecular complexity index is 669. The van der Waals surface area contributed by atoms with Gasteiger partial charge in [-0.1, -0.05) is 0 Å². The van der Waals surface area contributed by atoms with E-state index in [0.717, 1.165) is 51.4 Å². The van der Waals surface area contributed by atoms with Crippen LogP contribution >= 0.6 is 11.3 Å². The lowest BCUT2D eigenvalue weighted by Crippen LogP contribution is -2.38. The molecule has 142 valence electrons. The molecule has 1 aliphatic carbocycles. The zero-order valence-electron chi connectivity index (χ0n) is 15.8. The van der Waals surface area contributed by atoms with E-state index >= 15 is 0 Å². The summed E-state index contributed by atoms with van der Waals surface area (Å²) in [6.45, 7) is 5.57. The van der Waals surface area contributed by atoms with E-state index in [2.05, 4.69) is 34.4 Å². The van der Waals surface area contributed by atoms with E-state index in [1.807, 2.05) is 15.9 Å². The van der Waals surface area contributed by atoms with Crippen molar-refractivity contribution in [1.82, 2.24) is 30.0 Å². The van der Waals surface area contributed by atoms with Crippen molar-refractivity contribution in [1.29, 1.82) is 0 Å². The molecule has 2 aromatic rings. The summed E-state index contributed by atoms with van der Waals surface area (Å²) >= 11 is 1.88. The lowest BCUT2D eigenvalue weighted by atomic mass is 10.0. The number of aromatic nitrogens is 4. The van der Waals surface area contributed by atoms with Crippen molar-refractivity contribution in [3.63, 3.8) is 0 Å². The fraction of sp³-hybridized carbons (Fsp3) is 0.667. The minimum absolute atomic E-state index is 0.823. The van der Waals surface area contributed by atoms with E-state index in [4.69, 9.17) is 9.98 Å². The highest BCUT2D eigenvalue weighted by Gasteiger charge is 2.16. The van der Waals surface area contributed by atoms with Gasteiger partial charge >= 0.3 is 0 Å². The Kier molecular flexibility index (Phi) is 6.99. The summed E-state index contributed by atoms with van der Waals surface area (Å²) in [6, 6.07) is 0. The molecule has 0 aliphatic heterocycles. The van der Waals surface area contributed by atoms with E-state index in [0.29, 0.717) is 0 Å². The van der Waals surface area contributed by atoms with Crippen molar-refractivity contribution >= 4 is 17.3 Å². The maximum atomic E-state index is 4.85. The van der Waals surface area contributed by atoms with Crippen molar-refractivity contribution < 1.29 is 0 Å². The molecule has 0 saturated carbocycles. The van der Waals surface area contributed by atoms with Gasteiger partial charge in [0.25, 0.3) is 0 Å². The number of guanidine groups is 1. The van der Waals surface area contributed by atoms with Crippen LogP contribution in [0.25, 0.3) is 0 Å².